The molecule has 1 aromatic heterocycles. The second-order valence-electron chi connectivity index (χ2n) is 5.15. The number of hydrogen-bond donors (Lipinski definition) is 2. The number of carboxylic acid groups (broad SMARTS) is 1. The normalized spacial score (nSPS) is 17.9. The molecule has 0 spiro atoms. The lowest BCUT2D eigenvalue weighted by atomic mass is 9.94. The van der Waals surface area contributed by atoms with Gasteiger partial charge in [0.1, 0.15) is 12.2 Å². The summed E-state index contributed by atoms with van der Waals surface area (Å²) in [6.07, 6.45) is 8.55. The minimum atomic E-state index is -1.01. The molecule has 1 aromatic rings. The van der Waals surface area contributed by atoms with E-state index in [1.54, 1.807) is 6.92 Å². The van der Waals surface area contributed by atoms with E-state index in [1.807, 2.05) is 0 Å². The summed E-state index contributed by atoms with van der Waals surface area (Å²) < 4.78 is 5.17. The van der Waals surface area contributed by atoms with Crippen LogP contribution >= 0.6 is 0 Å². The van der Waals surface area contributed by atoms with Crippen molar-refractivity contribution in [2.24, 2.45) is 5.92 Å². The molecule has 0 bridgehead atoms. The molecular formula is C15H19NO4. The van der Waals surface area contributed by atoms with Crippen molar-refractivity contribution in [2.45, 2.75) is 32.6 Å². The first-order chi connectivity index (χ1) is 9.58. The van der Waals surface area contributed by atoms with Gasteiger partial charge in [-0.15, -0.1) is 0 Å². The zero-order valence-electron chi connectivity index (χ0n) is 11.5. The van der Waals surface area contributed by atoms with Gasteiger partial charge in [0.2, 0.25) is 0 Å². The standard InChI is InChI=1S/C15H19NO4/c1-10-9-20-12(7-13(17)18)14(10)15(19)16-8-11-5-3-2-4-6-11/h2-3,9,11H,4-8H2,1H3,(H,16,19)(H,17,18). The fourth-order valence-electron chi connectivity index (χ4n) is 2.44. The average Bonchev–Trinajstić information content (AvgIpc) is 2.77. The van der Waals surface area contributed by atoms with Crippen molar-refractivity contribution in [3.8, 4) is 0 Å². The van der Waals surface area contributed by atoms with Gasteiger partial charge in [0.05, 0.1) is 11.8 Å². The number of amides is 1. The van der Waals surface area contributed by atoms with Gasteiger partial charge in [-0.3, -0.25) is 9.59 Å². The van der Waals surface area contributed by atoms with E-state index in [-0.39, 0.29) is 18.1 Å². The summed E-state index contributed by atoms with van der Waals surface area (Å²) in [5.41, 5.74) is 1.03. The average molecular weight is 277 g/mol. The van der Waals surface area contributed by atoms with Gasteiger partial charge in [-0.25, -0.2) is 0 Å². The van der Waals surface area contributed by atoms with Crippen molar-refractivity contribution in [3.05, 3.63) is 35.3 Å². The summed E-state index contributed by atoms with van der Waals surface area (Å²) in [4.78, 5) is 22.9. The van der Waals surface area contributed by atoms with Crippen LogP contribution in [0.25, 0.3) is 0 Å². The van der Waals surface area contributed by atoms with E-state index in [2.05, 4.69) is 17.5 Å². The maximum absolute atomic E-state index is 12.2. The highest BCUT2D eigenvalue weighted by molar-refractivity contribution is 5.97. The van der Waals surface area contributed by atoms with Crippen LogP contribution in [0, 0.1) is 12.8 Å². The van der Waals surface area contributed by atoms with Crippen LogP contribution in [0.2, 0.25) is 0 Å². The predicted octanol–water partition coefficient (Wildman–Crippen LogP) is 2.30. The molecule has 20 heavy (non-hydrogen) atoms. The molecule has 2 N–H and O–H groups in total. The SMILES string of the molecule is Cc1coc(CC(=O)O)c1C(=O)NCC1CC=CCC1. The van der Waals surface area contributed by atoms with E-state index in [0.717, 1.165) is 19.3 Å². The predicted molar refractivity (Wildman–Crippen MR) is 73.6 cm³/mol. The van der Waals surface area contributed by atoms with Gasteiger partial charge in [0.15, 0.2) is 0 Å². The lowest BCUT2D eigenvalue weighted by Crippen LogP contribution is -2.30. The zero-order chi connectivity index (χ0) is 14.5. The number of carbonyl (C=O) groups is 2. The monoisotopic (exact) mass is 277 g/mol. The van der Waals surface area contributed by atoms with E-state index in [9.17, 15) is 9.59 Å². The maximum atomic E-state index is 12.2. The lowest BCUT2D eigenvalue weighted by molar-refractivity contribution is -0.136. The first-order valence-electron chi connectivity index (χ1n) is 6.80. The Morgan fingerprint density at radius 2 is 2.25 bits per heavy atom. The Morgan fingerprint density at radius 3 is 2.90 bits per heavy atom. The minimum Gasteiger partial charge on any atom is -0.481 e. The van der Waals surface area contributed by atoms with Gasteiger partial charge in [-0.1, -0.05) is 12.2 Å². The number of hydrogen-bond acceptors (Lipinski definition) is 3. The lowest BCUT2D eigenvalue weighted by Gasteiger charge is -2.18. The summed E-state index contributed by atoms with van der Waals surface area (Å²) in [5.74, 6) is -0.581. The van der Waals surface area contributed by atoms with Crippen molar-refractivity contribution >= 4 is 11.9 Å². The van der Waals surface area contributed by atoms with Gasteiger partial charge in [0, 0.05) is 12.1 Å². The highest BCUT2D eigenvalue weighted by atomic mass is 16.4. The van der Waals surface area contributed by atoms with E-state index >= 15 is 0 Å². The molecule has 0 radical (unpaired) electrons. The molecule has 0 aromatic carbocycles. The van der Waals surface area contributed by atoms with Gasteiger partial charge >= 0.3 is 5.97 Å². The van der Waals surface area contributed by atoms with Crippen LogP contribution in [0.4, 0.5) is 0 Å². The van der Waals surface area contributed by atoms with Crippen LogP contribution in [0.15, 0.2) is 22.8 Å². The van der Waals surface area contributed by atoms with E-state index < -0.39 is 5.97 Å². The number of carboxylic acids is 1. The molecule has 5 heteroatoms. The molecular weight excluding hydrogens is 258 g/mol. The van der Waals surface area contributed by atoms with Crippen molar-refractivity contribution in [1.82, 2.24) is 5.32 Å². The molecule has 0 saturated heterocycles. The van der Waals surface area contributed by atoms with Gasteiger partial charge in [-0.2, -0.15) is 0 Å². The quantitative estimate of drug-likeness (QED) is 0.809. The molecule has 0 fully saturated rings. The Labute approximate surface area is 117 Å². The first kappa shape index (κ1) is 14.4. The van der Waals surface area contributed by atoms with Gasteiger partial charge in [0.25, 0.3) is 5.91 Å². The molecule has 0 saturated carbocycles. The number of rotatable bonds is 5. The highest BCUT2D eigenvalue weighted by Crippen LogP contribution is 2.19. The first-order valence-corrected chi connectivity index (χ1v) is 6.80. The Morgan fingerprint density at radius 1 is 1.45 bits per heavy atom. The number of carbonyl (C=O) groups excluding carboxylic acids is 1. The summed E-state index contributed by atoms with van der Waals surface area (Å²) in [5, 5.41) is 11.7. The number of allylic oxidation sites excluding steroid dienone is 2. The third-order valence-electron chi connectivity index (χ3n) is 3.52. The second-order valence-corrected chi connectivity index (χ2v) is 5.15. The summed E-state index contributed by atoms with van der Waals surface area (Å²) in [7, 11) is 0. The van der Waals surface area contributed by atoms with E-state index in [0.29, 0.717) is 23.6 Å². The molecule has 5 nitrogen and oxygen atoms in total. The number of aliphatic carboxylic acids is 1. The molecule has 0 aliphatic heterocycles. The highest BCUT2D eigenvalue weighted by Gasteiger charge is 2.21. The smallest absolute Gasteiger partial charge is 0.311 e. The molecule has 1 amide bonds. The Bertz CT molecular complexity index is 530. The zero-order valence-corrected chi connectivity index (χ0v) is 11.5. The number of nitrogens with one attached hydrogen (secondary N) is 1. The number of furan rings is 1. The minimum absolute atomic E-state index is 0.219. The third kappa shape index (κ3) is 3.50. The third-order valence-corrected chi connectivity index (χ3v) is 3.52. The Balaban J connectivity index is 1.99. The van der Waals surface area contributed by atoms with Crippen molar-refractivity contribution in [1.29, 1.82) is 0 Å². The van der Waals surface area contributed by atoms with Crippen molar-refractivity contribution in [2.75, 3.05) is 6.54 Å². The topological polar surface area (TPSA) is 79.5 Å². The summed E-state index contributed by atoms with van der Waals surface area (Å²) >= 11 is 0. The molecule has 1 aliphatic rings. The largest absolute Gasteiger partial charge is 0.481 e. The van der Waals surface area contributed by atoms with E-state index in [1.165, 1.54) is 6.26 Å². The van der Waals surface area contributed by atoms with Crippen LogP contribution in [-0.4, -0.2) is 23.5 Å². The van der Waals surface area contributed by atoms with Crippen LogP contribution in [-0.2, 0) is 11.2 Å². The number of aryl methyl sites for hydroxylation is 1. The molecule has 1 unspecified atom stereocenters. The Hall–Kier alpha value is -2.04. The second kappa shape index (κ2) is 6.41. The molecule has 1 atom stereocenters. The fraction of sp³-hybridized carbons (Fsp3) is 0.467. The van der Waals surface area contributed by atoms with Gasteiger partial charge in [-0.05, 0) is 32.1 Å². The van der Waals surface area contributed by atoms with Crippen molar-refractivity contribution < 1.29 is 19.1 Å². The summed E-state index contributed by atoms with van der Waals surface area (Å²) in [6.45, 7) is 2.35. The van der Waals surface area contributed by atoms with Crippen molar-refractivity contribution in [3.63, 3.8) is 0 Å². The molecule has 108 valence electrons. The van der Waals surface area contributed by atoms with Crippen LogP contribution in [0.3, 0.4) is 0 Å². The Kier molecular flexibility index (Phi) is 4.61. The van der Waals surface area contributed by atoms with E-state index in [4.69, 9.17) is 9.52 Å². The molecule has 2 rings (SSSR count). The van der Waals surface area contributed by atoms with Gasteiger partial charge < -0.3 is 14.8 Å². The van der Waals surface area contributed by atoms with Crippen LogP contribution in [0.5, 0.6) is 0 Å². The summed E-state index contributed by atoms with van der Waals surface area (Å²) in [6, 6.07) is 0. The molecule has 1 aliphatic carbocycles. The van der Waals surface area contributed by atoms with Crippen LogP contribution < -0.4 is 5.32 Å². The fourth-order valence-corrected chi connectivity index (χ4v) is 2.44. The maximum Gasteiger partial charge on any atom is 0.311 e. The molecule has 1 heterocycles. The van der Waals surface area contributed by atoms with Crippen LogP contribution in [0.1, 0.15) is 40.9 Å².